The van der Waals surface area contributed by atoms with Crippen LogP contribution < -0.4 is 14.4 Å². The average Bonchev–Trinajstić information content (AvgIpc) is 2.87. The first-order valence-electron chi connectivity index (χ1n) is 11.5. The van der Waals surface area contributed by atoms with Crippen LogP contribution in [0.3, 0.4) is 0 Å². The van der Waals surface area contributed by atoms with Gasteiger partial charge in [-0.2, -0.15) is 4.31 Å². The molecule has 3 aromatic carbocycles. The van der Waals surface area contributed by atoms with E-state index in [1.165, 1.54) is 29.6 Å². The molecule has 1 amide bonds. The molecule has 0 aromatic heterocycles. The number of anilines is 2. The van der Waals surface area contributed by atoms with Gasteiger partial charge in [-0.05, 0) is 42.5 Å². The Morgan fingerprint density at radius 2 is 1.67 bits per heavy atom. The van der Waals surface area contributed by atoms with Gasteiger partial charge in [0.05, 0.1) is 29.6 Å². The third-order valence-electron chi connectivity index (χ3n) is 6.12. The topological polar surface area (TPSA) is 113 Å². The van der Waals surface area contributed by atoms with Gasteiger partial charge >= 0.3 is 0 Å². The smallest absolute Gasteiger partial charge is 0.245 e. The van der Waals surface area contributed by atoms with Gasteiger partial charge < -0.3 is 10.1 Å². The number of hydrogen-bond acceptors (Lipinski definition) is 6. The first-order valence-corrected chi connectivity index (χ1v) is 14.8. The van der Waals surface area contributed by atoms with Crippen LogP contribution in [0, 0.1) is 0 Å². The number of nitrogens with zero attached hydrogens (tertiary/aromatic N) is 2. The van der Waals surface area contributed by atoms with E-state index >= 15 is 0 Å². The van der Waals surface area contributed by atoms with Crippen molar-refractivity contribution in [3.8, 4) is 5.75 Å². The number of rotatable bonds is 8. The normalized spacial score (nSPS) is 14.9. The first kappa shape index (κ1) is 25.9. The van der Waals surface area contributed by atoms with Crippen LogP contribution in [0.2, 0.25) is 0 Å². The van der Waals surface area contributed by atoms with Crippen molar-refractivity contribution in [2.45, 2.75) is 24.2 Å². The predicted molar refractivity (Wildman–Crippen MR) is 140 cm³/mol. The summed E-state index contributed by atoms with van der Waals surface area (Å²) in [5, 5.41) is 4.16. The van der Waals surface area contributed by atoms with Gasteiger partial charge in [0.1, 0.15) is 12.3 Å². The SMILES string of the molecule is COc1ccc(S(=O)(=O)N2CCCCC2)cc1NC(=O)CN(c1cccc2ccccc12)S(C)(=O)=O. The van der Waals surface area contributed by atoms with Crippen LogP contribution in [-0.2, 0) is 24.8 Å². The van der Waals surface area contributed by atoms with Gasteiger partial charge in [0.25, 0.3) is 0 Å². The molecule has 0 unspecified atom stereocenters. The molecule has 0 radical (unpaired) electrons. The van der Waals surface area contributed by atoms with Crippen LogP contribution in [-0.4, -0.2) is 60.0 Å². The summed E-state index contributed by atoms with van der Waals surface area (Å²) in [5.41, 5.74) is 0.520. The Morgan fingerprint density at radius 3 is 2.36 bits per heavy atom. The van der Waals surface area contributed by atoms with Crippen molar-refractivity contribution in [3.05, 3.63) is 60.7 Å². The number of carbonyl (C=O) groups is 1. The molecule has 11 heteroatoms. The Hall–Kier alpha value is -3.15. The fraction of sp³-hybridized carbons (Fsp3) is 0.320. The first-order chi connectivity index (χ1) is 17.1. The van der Waals surface area contributed by atoms with Crippen molar-refractivity contribution in [1.29, 1.82) is 0 Å². The molecule has 192 valence electrons. The average molecular weight is 532 g/mol. The molecule has 0 saturated carbocycles. The van der Waals surface area contributed by atoms with Crippen LogP contribution in [0.1, 0.15) is 19.3 Å². The number of benzene rings is 3. The maximum Gasteiger partial charge on any atom is 0.245 e. The number of nitrogens with one attached hydrogen (secondary N) is 1. The predicted octanol–water partition coefficient (Wildman–Crippen LogP) is 3.43. The summed E-state index contributed by atoms with van der Waals surface area (Å²) in [6, 6.07) is 16.8. The molecular formula is C25H29N3O6S2. The highest BCUT2D eigenvalue weighted by Crippen LogP contribution is 2.31. The lowest BCUT2D eigenvalue weighted by atomic mass is 10.1. The molecule has 1 fully saturated rings. The number of sulfonamides is 2. The second kappa shape index (κ2) is 10.5. The molecule has 4 rings (SSSR count). The third-order valence-corrected chi connectivity index (χ3v) is 9.14. The van der Waals surface area contributed by atoms with Gasteiger partial charge in [0.2, 0.25) is 26.0 Å². The quantitative estimate of drug-likeness (QED) is 0.477. The number of amides is 1. The Labute approximate surface area is 211 Å². The largest absolute Gasteiger partial charge is 0.495 e. The number of fused-ring (bicyclic) bond motifs is 1. The van der Waals surface area contributed by atoms with E-state index in [1.54, 1.807) is 24.3 Å². The van der Waals surface area contributed by atoms with E-state index in [0.717, 1.165) is 35.2 Å². The zero-order valence-corrected chi connectivity index (χ0v) is 21.8. The van der Waals surface area contributed by atoms with Gasteiger partial charge in [-0.25, -0.2) is 16.8 Å². The Balaban J connectivity index is 1.63. The molecule has 1 aliphatic rings. The zero-order valence-electron chi connectivity index (χ0n) is 20.2. The highest BCUT2D eigenvalue weighted by molar-refractivity contribution is 7.92. The maximum absolute atomic E-state index is 13.1. The monoisotopic (exact) mass is 531 g/mol. The van der Waals surface area contributed by atoms with E-state index in [-0.39, 0.29) is 16.3 Å². The van der Waals surface area contributed by atoms with Crippen LogP contribution in [0.25, 0.3) is 10.8 Å². The fourth-order valence-electron chi connectivity index (χ4n) is 4.33. The summed E-state index contributed by atoms with van der Waals surface area (Å²) < 4.78 is 59.4. The lowest BCUT2D eigenvalue weighted by molar-refractivity contribution is -0.114. The van der Waals surface area contributed by atoms with Crippen molar-refractivity contribution in [2.24, 2.45) is 0 Å². The number of methoxy groups -OCH3 is 1. The van der Waals surface area contributed by atoms with E-state index in [1.807, 2.05) is 18.2 Å². The van der Waals surface area contributed by atoms with E-state index in [0.29, 0.717) is 24.2 Å². The number of carbonyl (C=O) groups excluding carboxylic acids is 1. The van der Waals surface area contributed by atoms with Gasteiger partial charge in [-0.1, -0.05) is 42.8 Å². The van der Waals surface area contributed by atoms with E-state index in [2.05, 4.69) is 5.32 Å². The molecule has 0 spiro atoms. The lowest BCUT2D eigenvalue weighted by Gasteiger charge is -2.26. The van der Waals surface area contributed by atoms with E-state index in [9.17, 15) is 21.6 Å². The van der Waals surface area contributed by atoms with Crippen LogP contribution >= 0.6 is 0 Å². The third kappa shape index (κ3) is 5.48. The standard InChI is InChI=1S/C25H29N3O6S2/c1-34-24-14-13-20(36(32,33)27-15-6-3-7-16-27)17-22(24)26-25(29)18-28(35(2,30)31)23-12-8-10-19-9-4-5-11-21(19)23/h4-5,8-14,17H,3,6-7,15-16,18H2,1-2H3,(H,26,29). The highest BCUT2D eigenvalue weighted by Gasteiger charge is 2.28. The summed E-state index contributed by atoms with van der Waals surface area (Å²) in [5.74, 6) is -0.379. The molecule has 1 aliphatic heterocycles. The molecule has 0 bridgehead atoms. The molecule has 1 heterocycles. The van der Waals surface area contributed by atoms with E-state index < -0.39 is 32.5 Å². The lowest BCUT2D eigenvalue weighted by Crippen LogP contribution is -2.37. The summed E-state index contributed by atoms with van der Waals surface area (Å²) in [6.07, 6.45) is 3.63. The highest BCUT2D eigenvalue weighted by atomic mass is 32.2. The van der Waals surface area contributed by atoms with Crippen molar-refractivity contribution in [1.82, 2.24) is 4.31 Å². The molecule has 9 nitrogen and oxygen atoms in total. The van der Waals surface area contributed by atoms with Gasteiger partial charge in [-0.3, -0.25) is 9.10 Å². The number of piperidine rings is 1. The second-order valence-corrected chi connectivity index (χ2v) is 12.5. The zero-order chi connectivity index (χ0) is 25.9. The van der Waals surface area contributed by atoms with Crippen LogP contribution in [0.4, 0.5) is 11.4 Å². The van der Waals surface area contributed by atoms with Crippen LogP contribution in [0.15, 0.2) is 65.6 Å². The molecule has 36 heavy (non-hydrogen) atoms. The molecule has 3 aromatic rings. The Kier molecular flexibility index (Phi) is 7.53. The molecular weight excluding hydrogens is 502 g/mol. The van der Waals surface area contributed by atoms with Gasteiger partial charge in [0, 0.05) is 18.5 Å². The Bertz CT molecular complexity index is 1480. The number of hydrogen-bond donors (Lipinski definition) is 1. The second-order valence-electron chi connectivity index (χ2n) is 8.64. The van der Waals surface area contributed by atoms with Crippen molar-refractivity contribution in [2.75, 3.05) is 42.6 Å². The molecule has 0 atom stereocenters. The van der Waals surface area contributed by atoms with Gasteiger partial charge in [0.15, 0.2) is 0 Å². The maximum atomic E-state index is 13.1. The van der Waals surface area contributed by atoms with E-state index in [4.69, 9.17) is 4.74 Å². The molecule has 0 aliphatic carbocycles. The fourth-order valence-corrected chi connectivity index (χ4v) is 6.74. The molecule has 1 N–H and O–H groups in total. The summed E-state index contributed by atoms with van der Waals surface area (Å²) in [7, 11) is -6.15. The van der Waals surface area contributed by atoms with Crippen molar-refractivity contribution in [3.63, 3.8) is 0 Å². The van der Waals surface area contributed by atoms with Crippen molar-refractivity contribution >= 4 is 48.1 Å². The molecule has 1 saturated heterocycles. The van der Waals surface area contributed by atoms with Gasteiger partial charge in [-0.15, -0.1) is 0 Å². The minimum atomic E-state index is -3.82. The summed E-state index contributed by atoms with van der Waals surface area (Å²) in [6.45, 7) is 0.397. The Morgan fingerprint density at radius 1 is 0.972 bits per heavy atom. The minimum absolute atomic E-state index is 0.0366. The van der Waals surface area contributed by atoms with Crippen LogP contribution in [0.5, 0.6) is 5.75 Å². The summed E-state index contributed by atoms with van der Waals surface area (Å²) in [4.78, 5) is 13.1. The number of ether oxygens (including phenoxy) is 1. The summed E-state index contributed by atoms with van der Waals surface area (Å²) >= 11 is 0. The minimum Gasteiger partial charge on any atom is -0.495 e. The van der Waals surface area contributed by atoms with Crippen molar-refractivity contribution < 1.29 is 26.4 Å².